The molecule has 0 N–H and O–H groups in total. The highest BCUT2D eigenvalue weighted by molar-refractivity contribution is 6.06. The van der Waals surface area contributed by atoms with E-state index in [0.717, 1.165) is 28.8 Å². The summed E-state index contributed by atoms with van der Waals surface area (Å²) in [4.78, 5) is 20.9. The molecule has 3 heterocycles. The summed E-state index contributed by atoms with van der Waals surface area (Å²) in [6.45, 7) is 5.10. The predicted molar refractivity (Wildman–Crippen MR) is 105 cm³/mol. The van der Waals surface area contributed by atoms with Gasteiger partial charge in [-0.05, 0) is 63.4 Å². The smallest absolute Gasteiger partial charge is 0.255 e. The zero-order valence-electron chi connectivity index (χ0n) is 16.8. The molecule has 1 amide bonds. The second kappa shape index (κ2) is 5.78. The van der Waals surface area contributed by atoms with Crippen LogP contribution >= 0.6 is 0 Å². The monoisotopic (exact) mass is 380 g/mol. The summed E-state index contributed by atoms with van der Waals surface area (Å²) in [7, 11) is 1.81. The lowest BCUT2D eigenvalue weighted by Crippen LogP contribution is -2.44. The lowest BCUT2D eigenvalue weighted by Gasteiger charge is -2.31. The van der Waals surface area contributed by atoms with E-state index in [9.17, 15) is 4.79 Å². The molecule has 4 fully saturated rings. The van der Waals surface area contributed by atoms with Gasteiger partial charge in [-0.1, -0.05) is 0 Å². The van der Waals surface area contributed by atoms with Crippen LogP contribution in [0.5, 0.6) is 0 Å². The van der Waals surface area contributed by atoms with Crippen molar-refractivity contribution in [2.24, 2.45) is 17.8 Å². The van der Waals surface area contributed by atoms with Crippen LogP contribution in [0.15, 0.2) is 12.3 Å². The first kappa shape index (κ1) is 17.0. The van der Waals surface area contributed by atoms with Crippen LogP contribution < -0.4 is 0 Å². The molecule has 2 aromatic rings. The second-order valence-electron chi connectivity index (χ2n) is 9.59. The van der Waals surface area contributed by atoms with Crippen LogP contribution in [0, 0.1) is 17.8 Å². The Morgan fingerprint density at radius 1 is 1.25 bits per heavy atom. The van der Waals surface area contributed by atoms with Gasteiger partial charge in [0.05, 0.1) is 29.3 Å². The van der Waals surface area contributed by atoms with Gasteiger partial charge in [0.25, 0.3) is 5.91 Å². The van der Waals surface area contributed by atoms with E-state index in [4.69, 9.17) is 9.72 Å². The number of hydrogen-bond acceptors (Lipinski definition) is 4. The molecule has 0 spiro atoms. The van der Waals surface area contributed by atoms with Crippen molar-refractivity contribution in [1.29, 1.82) is 0 Å². The van der Waals surface area contributed by atoms with Crippen molar-refractivity contribution < 1.29 is 9.53 Å². The summed E-state index contributed by atoms with van der Waals surface area (Å²) in [6.07, 6.45) is 6.82. The number of pyridine rings is 1. The number of likely N-dealkylation sites (tertiary alicyclic amines) is 1. The van der Waals surface area contributed by atoms with Crippen molar-refractivity contribution >= 4 is 16.9 Å². The van der Waals surface area contributed by atoms with Gasteiger partial charge in [-0.3, -0.25) is 4.79 Å². The summed E-state index contributed by atoms with van der Waals surface area (Å²) < 4.78 is 7.82. The first-order valence-electron chi connectivity index (χ1n) is 10.8. The molecule has 5 atom stereocenters. The van der Waals surface area contributed by atoms with Crippen molar-refractivity contribution in [3.05, 3.63) is 23.5 Å². The van der Waals surface area contributed by atoms with Crippen LogP contribution in [0.2, 0.25) is 0 Å². The number of methoxy groups -OCH3 is 1. The van der Waals surface area contributed by atoms with Gasteiger partial charge in [0.1, 0.15) is 0 Å². The molecule has 6 rings (SSSR count). The van der Waals surface area contributed by atoms with Crippen LogP contribution in [0.3, 0.4) is 0 Å². The third-order valence-corrected chi connectivity index (χ3v) is 7.65. The molecule has 0 radical (unpaired) electrons. The quantitative estimate of drug-likeness (QED) is 0.816. The topological polar surface area (TPSA) is 60.2 Å². The number of fused-ring (bicyclic) bond motifs is 2. The average molecular weight is 380 g/mol. The van der Waals surface area contributed by atoms with Gasteiger partial charge in [0, 0.05) is 31.3 Å². The Morgan fingerprint density at radius 2 is 2.07 bits per heavy atom. The van der Waals surface area contributed by atoms with Crippen LogP contribution in [0.4, 0.5) is 0 Å². The number of carbonyl (C=O) groups is 1. The highest BCUT2D eigenvalue weighted by Crippen LogP contribution is 2.56. The van der Waals surface area contributed by atoms with E-state index < -0.39 is 0 Å². The molecule has 5 unspecified atom stereocenters. The third-order valence-electron chi connectivity index (χ3n) is 7.65. The maximum atomic E-state index is 13.8. The minimum atomic E-state index is 0.153. The fourth-order valence-electron chi connectivity index (χ4n) is 6.29. The zero-order chi connectivity index (χ0) is 19.2. The van der Waals surface area contributed by atoms with Crippen LogP contribution in [0.25, 0.3) is 11.0 Å². The molecule has 28 heavy (non-hydrogen) atoms. The number of aromatic nitrogens is 3. The summed E-state index contributed by atoms with van der Waals surface area (Å²) in [5.74, 6) is 2.57. The van der Waals surface area contributed by atoms with Gasteiger partial charge < -0.3 is 9.64 Å². The first-order chi connectivity index (χ1) is 13.6. The number of rotatable bonds is 4. The number of hydrogen-bond donors (Lipinski definition) is 0. The summed E-state index contributed by atoms with van der Waals surface area (Å²) in [5, 5.41) is 5.46. The minimum Gasteiger partial charge on any atom is -0.379 e. The van der Waals surface area contributed by atoms with Gasteiger partial charge in [-0.25, -0.2) is 9.67 Å². The Kier molecular flexibility index (Phi) is 3.50. The highest BCUT2D eigenvalue weighted by Gasteiger charge is 2.60. The Labute approximate surface area is 165 Å². The van der Waals surface area contributed by atoms with Crippen molar-refractivity contribution in [1.82, 2.24) is 19.7 Å². The van der Waals surface area contributed by atoms with Gasteiger partial charge in [0.15, 0.2) is 5.65 Å². The van der Waals surface area contributed by atoms with Crippen molar-refractivity contribution in [2.45, 2.75) is 63.6 Å². The molecule has 2 aromatic heterocycles. The summed E-state index contributed by atoms with van der Waals surface area (Å²) in [6, 6.07) is 2.52. The second-order valence-corrected chi connectivity index (χ2v) is 9.59. The molecule has 148 valence electrons. The Hall–Kier alpha value is -1.95. The fraction of sp³-hybridized carbons (Fsp3) is 0.682. The molecular formula is C22H28N4O2. The Bertz CT molecular complexity index is 961. The van der Waals surface area contributed by atoms with Crippen molar-refractivity contribution in [3.63, 3.8) is 0 Å². The van der Waals surface area contributed by atoms with Crippen LogP contribution in [-0.4, -0.2) is 51.4 Å². The maximum absolute atomic E-state index is 13.8. The Balaban J connectivity index is 1.45. The largest absolute Gasteiger partial charge is 0.379 e. The SMILES string of the molecule is COC1C2CC3CN(C(=O)c4cc(C5CC5)nc5c4cnn5C(C)C)C1C3C2. The van der Waals surface area contributed by atoms with Gasteiger partial charge >= 0.3 is 0 Å². The number of ether oxygens (including phenoxy) is 1. The fourth-order valence-corrected chi connectivity index (χ4v) is 6.29. The van der Waals surface area contributed by atoms with E-state index in [1.165, 1.54) is 25.7 Å². The third kappa shape index (κ3) is 2.21. The van der Waals surface area contributed by atoms with E-state index in [-0.39, 0.29) is 24.1 Å². The molecule has 1 saturated heterocycles. The Morgan fingerprint density at radius 3 is 2.79 bits per heavy atom. The standard InChI is InChI=1S/C22H28N4O2/c1-11(2)26-21-17(9-23-26)16(8-18(24-21)12-4-5-12)22(27)25-10-14-6-13-7-15(14)19(25)20(13)28-3/h8-9,11-15,19-20H,4-7,10H2,1-3H3. The summed E-state index contributed by atoms with van der Waals surface area (Å²) >= 11 is 0. The minimum absolute atomic E-state index is 0.153. The molecule has 1 aliphatic heterocycles. The molecule has 3 aliphatic carbocycles. The van der Waals surface area contributed by atoms with Crippen molar-refractivity contribution in [2.75, 3.05) is 13.7 Å². The van der Waals surface area contributed by atoms with E-state index in [2.05, 4.69) is 29.9 Å². The van der Waals surface area contributed by atoms with Crippen LogP contribution in [-0.2, 0) is 4.74 Å². The number of carbonyl (C=O) groups excluding carboxylic acids is 1. The normalized spacial score (nSPS) is 33.6. The number of amides is 1. The molecule has 4 aliphatic rings. The predicted octanol–water partition coefficient (Wildman–Crippen LogP) is 3.39. The van der Waals surface area contributed by atoms with Gasteiger partial charge in [-0.15, -0.1) is 0 Å². The maximum Gasteiger partial charge on any atom is 0.255 e. The van der Waals surface area contributed by atoms with E-state index in [0.29, 0.717) is 23.7 Å². The lowest BCUT2D eigenvalue weighted by molar-refractivity contribution is 0.0113. The van der Waals surface area contributed by atoms with Crippen molar-refractivity contribution in [3.8, 4) is 0 Å². The molecule has 3 saturated carbocycles. The van der Waals surface area contributed by atoms with E-state index in [1.54, 1.807) is 0 Å². The lowest BCUT2D eigenvalue weighted by atomic mass is 9.88. The summed E-state index contributed by atoms with van der Waals surface area (Å²) in [5.41, 5.74) is 2.71. The molecule has 0 aromatic carbocycles. The van der Waals surface area contributed by atoms with E-state index in [1.807, 2.05) is 18.0 Å². The van der Waals surface area contributed by atoms with Crippen LogP contribution in [0.1, 0.15) is 67.5 Å². The zero-order valence-corrected chi connectivity index (χ0v) is 16.8. The average Bonchev–Trinajstić information content (AvgIpc) is 3.04. The first-order valence-corrected chi connectivity index (χ1v) is 10.8. The number of nitrogens with zero attached hydrogens (tertiary/aromatic N) is 4. The van der Waals surface area contributed by atoms with E-state index >= 15 is 0 Å². The molecule has 2 bridgehead atoms. The molecule has 6 heteroatoms. The highest BCUT2D eigenvalue weighted by atomic mass is 16.5. The van der Waals surface area contributed by atoms with Gasteiger partial charge in [0.2, 0.25) is 0 Å². The molecule has 6 nitrogen and oxygen atoms in total. The molecular weight excluding hydrogens is 352 g/mol. The van der Waals surface area contributed by atoms with Gasteiger partial charge in [-0.2, -0.15) is 5.10 Å².